The van der Waals surface area contributed by atoms with E-state index in [1.807, 2.05) is 0 Å². The summed E-state index contributed by atoms with van der Waals surface area (Å²) in [6.45, 7) is 0.257. The molecule has 3 rings (SSSR count). The van der Waals surface area contributed by atoms with Gasteiger partial charge in [-0.25, -0.2) is 5.43 Å². The Labute approximate surface area is 113 Å². The Balaban J connectivity index is 1.60. The summed E-state index contributed by atoms with van der Waals surface area (Å²) in [7, 11) is 0. The van der Waals surface area contributed by atoms with Crippen molar-refractivity contribution in [2.45, 2.75) is 38.0 Å². The molecule has 0 aromatic carbocycles. The number of pyridine rings is 1. The van der Waals surface area contributed by atoms with E-state index >= 15 is 0 Å². The number of alkyl halides is 3. The summed E-state index contributed by atoms with van der Waals surface area (Å²) in [6, 6.07) is 2.55. The average Bonchev–Trinajstić information content (AvgIpc) is 2.97. The molecule has 20 heavy (non-hydrogen) atoms. The SMILES string of the molecule is O=C1[C@@H]2CC[C@@H](C2)N1NCc1ccc(C(F)(F)F)cn1. The molecule has 7 heteroatoms. The lowest BCUT2D eigenvalue weighted by molar-refractivity contribution is -0.138. The summed E-state index contributed by atoms with van der Waals surface area (Å²) >= 11 is 0. The van der Waals surface area contributed by atoms with Crippen molar-refractivity contribution in [3.8, 4) is 0 Å². The maximum Gasteiger partial charge on any atom is 0.417 e. The number of rotatable bonds is 3. The van der Waals surface area contributed by atoms with Gasteiger partial charge in [-0.15, -0.1) is 0 Å². The van der Waals surface area contributed by atoms with Crippen molar-refractivity contribution in [2.24, 2.45) is 5.92 Å². The number of nitrogens with one attached hydrogen (secondary N) is 1. The van der Waals surface area contributed by atoms with E-state index in [1.165, 1.54) is 6.07 Å². The van der Waals surface area contributed by atoms with Gasteiger partial charge in [0.1, 0.15) is 0 Å². The van der Waals surface area contributed by atoms with E-state index in [2.05, 4.69) is 10.4 Å². The minimum absolute atomic E-state index is 0.0909. The second-order valence-electron chi connectivity index (χ2n) is 5.24. The fraction of sp³-hybridized carbons (Fsp3) is 0.538. The molecule has 2 bridgehead atoms. The quantitative estimate of drug-likeness (QED) is 0.925. The molecule has 4 nitrogen and oxygen atoms in total. The maximum absolute atomic E-state index is 12.4. The number of amides is 1. The first-order valence-corrected chi connectivity index (χ1v) is 6.54. The van der Waals surface area contributed by atoms with Crippen molar-refractivity contribution < 1.29 is 18.0 Å². The van der Waals surface area contributed by atoms with E-state index in [9.17, 15) is 18.0 Å². The first-order chi connectivity index (χ1) is 9.45. The predicted octanol–water partition coefficient (Wildman–Crippen LogP) is 2.12. The van der Waals surface area contributed by atoms with E-state index < -0.39 is 11.7 Å². The third-order valence-corrected chi connectivity index (χ3v) is 3.94. The highest BCUT2D eigenvalue weighted by Crippen LogP contribution is 2.37. The largest absolute Gasteiger partial charge is 0.417 e. The molecule has 2 atom stereocenters. The van der Waals surface area contributed by atoms with Crippen LogP contribution in [0.15, 0.2) is 18.3 Å². The van der Waals surface area contributed by atoms with Crippen molar-refractivity contribution >= 4 is 5.91 Å². The highest BCUT2D eigenvalue weighted by atomic mass is 19.4. The molecular formula is C13H14F3N3O. The number of piperidine rings is 1. The van der Waals surface area contributed by atoms with E-state index in [4.69, 9.17) is 0 Å². The summed E-state index contributed by atoms with van der Waals surface area (Å²) in [6.07, 6.45) is -0.742. The van der Waals surface area contributed by atoms with Gasteiger partial charge in [-0.2, -0.15) is 13.2 Å². The Morgan fingerprint density at radius 3 is 2.70 bits per heavy atom. The lowest BCUT2D eigenvalue weighted by Gasteiger charge is -2.27. The summed E-state index contributed by atoms with van der Waals surface area (Å²) in [5.74, 6) is 0.209. The number of aromatic nitrogens is 1. The molecule has 2 fully saturated rings. The van der Waals surface area contributed by atoms with Gasteiger partial charge in [-0.3, -0.25) is 14.8 Å². The third-order valence-electron chi connectivity index (χ3n) is 3.94. The van der Waals surface area contributed by atoms with Crippen LogP contribution in [-0.4, -0.2) is 21.9 Å². The van der Waals surface area contributed by atoms with E-state index in [1.54, 1.807) is 5.01 Å². The second kappa shape index (κ2) is 4.73. The molecule has 1 saturated carbocycles. The number of halogens is 3. The maximum atomic E-state index is 12.4. The van der Waals surface area contributed by atoms with Crippen LogP contribution in [0.4, 0.5) is 13.2 Å². The number of hydrogen-bond acceptors (Lipinski definition) is 3. The van der Waals surface area contributed by atoms with Crippen LogP contribution in [0.5, 0.6) is 0 Å². The van der Waals surface area contributed by atoms with E-state index in [0.717, 1.165) is 31.5 Å². The van der Waals surface area contributed by atoms with Crippen molar-refractivity contribution in [2.75, 3.05) is 0 Å². The number of hydrogen-bond donors (Lipinski definition) is 1. The highest BCUT2D eigenvalue weighted by molar-refractivity contribution is 5.82. The van der Waals surface area contributed by atoms with Crippen LogP contribution in [0.1, 0.15) is 30.5 Å². The standard InChI is InChI=1S/C13H14F3N3O/c14-13(15,16)9-2-3-10(17-6-9)7-18-19-11-4-1-8(5-11)12(19)20/h2-3,6,8,11,18H,1,4-5,7H2/t8-,11+/m1/s1. The minimum atomic E-state index is -4.37. The molecule has 1 aliphatic heterocycles. The van der Waals surface area contributed by atoms with Crippen LogP contribution in [0.25, 0.3) is 0 Å². The molecule has 0 radical (unpaired) electrons. The van der Waals surface area contributed by atoms with Crippen LogP contribution in [-0.2, 0) is 17.5 Å². The summed E-state index contributed by atoms with van der Waals surface area (Å²) in [4.78, 5) is 15.6. The molecule has 1 saturated heterocycles. The highest BCUT2D eigenvalue weighted by Gasteiger charge is 2.44. The smallest absolute Gasteiger partial charge is 0.274 e. The van der Waals surface area contributed by atoms with Crippen molar-refractivity contribution in [3.05, 3.63) is 29.6 Å². The summed E-state index contributed by atoms with van der Waals surface area (Å²) < 4.78 is 37.2. The molecule has 1 aromatic heterocycles. The number of carbonyl (C=O) groups excluding carboxylic acids is 1. The zero-order valence-electron chi connectivity index (χ0n) is 10.7. The van der Waals surface area contributed by atoms with Crippen molar-refractivity contribution in [1.82, 2.24) is 15.4 Å². The van der Waals surface area contributed by atoms with Crippen LogP contribution in [0.3, 0.4) is 0 Å². The second-order valence-corrected chi connectivity index (χ2v) is 5.24. The Kier molecular flexibility index (Phi) is 3.16. The normalized spacial score (nSPS) is 25.6. The van der Waals surface area contributed by atoms with Gasteiger partial charge in [0.25, 0.3) is 0 Å². The fourth-order valence-corrected chi connectivity index (χ4v) is 2.86. The fourth-order valence-electron chi connectivity index (χ4n) is 2.86. The van der Waals surface area contributed by atoms with Crippen molar-refractivity contribution in [3.63, 3.8) is 0 Å². The zero-order chi connectivity index (χ0) is 14.3. The Hall–Kier alpha value is -1.63. The Morgan fingerprint density at radius 2 is 2.15 bits per heavy atom. The Morgan fingerprint density at radius 1 is 1.35 bits per heavy atom. The molecule has 108 valence electrons. The van der Waals surface area contributed by atoms with Gasteiger partial charge >= 0.3 is 6.18 Å². The molecule has 1 aliphatic carbocycles. The van der Waals surface area contributed by atoms with E-state index in [-0.39, 0.29) is 24.4 Å². The topological polar surface area (TPSA) is 45.2 Å². The Bertz CT molecular complexity index is 515. The summed E-state index contributed by atoms with van der Waals surface area (Å²) in [5.41, 5.74) is 2.69. The van der Waals surface area contributed by atoms with Crippen LogP contribution in [0, 0.1) is 5.92 Å². The molecule has 0 spiro atoms. The molecule has 1 N–H and O–H groups in total. The predicted molar refractivity (Wildman–Crippen MR) is 64.1 cm³/mol. The minimum Gasteiger partial charge on any atom is -0.274 e. The van der Waals surface area contributed by atoms with Gasteiger partial charge in [-0.05, 0) is 31.4 Å². The van der Waals surface area contributed by atoms with Crippen molar-refractivity contribution in [1.29, 1.82) is 0 Å². The molecular weight excluding hydrogens is 271 g/mol. The van der Waals surface area contributed by atoms with Gasteiger partial charge in [0.2, 0.25) is 5.91 Å². The molecule has 2 heterocycles. The number of hydrazine groups is 1. The lowest BCUT2D eigenvalue weighted by Crippen LogP contribution is -2.46. The average molecular weight is 285 g/mol. The van der Waals surface area contributed by atoms with Crippen LogP contribution >= 0.6 is 0 Å². The zero-order valence-corrected chi connectivity index (χ0v) is 10.7. The first-order valence-electron chi connectivity index (χ1n) is 6.54. The van der Waals surface area contributed by atoms with Gasteiger partial charge in [0.05, 0.1) is 17.8 Å². The van der Waals surface area contributed by atoms with Gasteiger partial charge in [0.15, 0.2) is 0 Å². The van der Waals surface area contributed by atoms with E-state index in [0.29, 0.717) is 5.69 Å². The first kappa shape index (κ1) is 13.4. The van der Waals surface area contributed by atoms with Crippen LogP contribution in [0.2, 0.25) is 0 Å². The van der Waals surface area contributed by atoms with Gasteiger partial charge in [0, 0.05) is 18.2 Å². The molecule has 1 aromatic rings. The lowest BCUT2D eigenvalue weighted by atomic mass is 10.1. The molecule has 0 unspecified atom stereocenters. The molecule has 2 aliphatic rings. The molecule has 1 amide bonds. The van der Waals surface area contributed by atoms with Gasteiger partial charge < -0.3 is 0 Å². The van der Waals surface area contributed by atoms with Crippen LogP contribution < -0.4 is 5.43 Å². The number of carbonyl (C=O) groups is 1. The summed E-state index contributed by atoms with van der Waals surface area (Å²) in [5, 5.41) is 1.62. The number of nitrogens with zero attached hydrogens (tertiary/aromatic N) is 2. The monoisotopic (exact) mass is 285 g/mol. The number of fused-ring (bicyclic) bond motifs is 2. The third kappa shape index (κ3) is 2.37. The van der Waals surface area contributed by atoms with Gasteiger partial charge in [-0.1, -0.05) is 0 Å².